The van der Waals surface area contributed by atoms with Crippen molar-refractivity contribution in [2.24, 2.45) is 0 Å². The molecule has 0 fully saturated rings. The highest BCUT2D eigenvalue weighted by atomic mass is 35.5. The van der Waals surface area contributed by atoms with E-state index in [2.05, 4.69) is 0 Å². The van der Waals surface area contributed by atoms with Gasteiger partial charge in [-0.25, -0.2) is 0 Å². The molecule has 66 valence electrons. The third kappa shape index (κ3) is 1.79. The summed E-state index contributed by atoms with van der Waals surface area (Å²) in [4.78, 5) is 11.1. The number of nitrogen functional groups attached to an aromatic ring is 1. The van der Waals surface area contributed by atoms with Gasteiger partial charge in [-0.3, -0.25) is 4.79 Å². The van der Waals surface area contributed by atoms with Gasteiger partial charge in [0.1, 0.15) is 6.07 Å². The minimum atomic E-state index is -0.235. The highest BCUT2D eigenvalue weighted by Gasteiger charge is 2.12. The summed E-state index contributed by atoms with van der Waals surface area (Å²) in [6.07, 6.45) is 0. The number of nitrogens with zero attached hydrogens (tertiary/aromatic N) is 1. The fourth-order valence-corrected chi connectivity index (χ4v) is 1.43. The molecular weight excluding hydrogens is 188 g/mol. The van der Waals surface area contributed by atoms with Gasteiger partial charge in [0.2, 0.25) is 0 Å². The number of ketones is 1. The van der Waals surface area contributed by atoms with Crippen molar-refractivity contribution >= 4 is 23.1 Å². The molecule has 2 N–H and O–H groups in total. The van der Waals surface area contributed by atoms with Gasteiger partial charge in [-0.1, -0.05) is 11.6 Å². The van der Waals surface area contributed by atoms with E-state index >= 15 is 0 Å². The van der Waals surface area contributed by atoms with Crippen molar-refractivity contribution < 1.29 is 4.79 Å². The van der Waals surface area contributed by atoms with Crippen LogP contribution in [0.5, 0.6) is 0 Å². The molecule has 4 heteroatoms. The molecule has 0 radical (unpaired) electrons. The van der Waals surface area contributed by atoms with Gasteiger partial charge in [0.05, 0.1) is 16.1 Å². The number of carbonyl (C=O) groups is 1. The minimum absolute atomic E-state index is 0.220. The Kier molecular flexibility index (Phi) is 2.54. The maximum atomic E-state index is 11.1. The second-order valence-electron chi connectivity index (χ2n) is 2.59. The van der Waals surface area contributed by atoms with Crippen LogP contribution in [0.4, 0.5) is 5.69 Å². The smallest absolute Gasteiger partial charge is 0.162 e. The number of hydrogen-bond donors (Lipinski definition) is 1. The normalized spacial score (nSPS) is 9.31. The van der Waals surface area contributed by atoms with Crippen molar-refractivity contribution in [2.45, 2.75) is 6.92 Å². The molecule has 13 heavy (non-hydrogen) atoms. The molecule has 0 aliphatic rings. The standard InChI is InChI=1S/C9H7ClN2O/c1-5(13)9-6(4-11)2-7(12)3-8(9)10/h2-3H,12H2,1H3. The summed E-state index contributed by atoms with van der Waals surface area (Å²) in [5.74, 6) is -0.235. The van der Waals surface area contributed by atoms with Gasteiger partial charge in [-0.05, 0) is 19.1 Å². The molecule has 0 saturated carbocycles. The molecule has 0 amide bonds. The number of nitriles is 1. The Morgan fingerprint density at radius 2 is 2.23 bits per heavy atom. The zero-order valence-electron chi connectivity index (χ0n) is 6.97. The molecule has 0 aromatic heterocycles. The number of halogens is 1. The summed E-state index contributed by atoms with van der Waals surface area (Å²) in [6.45, 7) is 1.36. The van der Waals surface area contributed by atoms with Gasteiger partial charge in [0.25, 0.3) is 0 Å². The van der Waals surface area contributed by atoms with Crippen LogP contribution in [-0.2, 0) is 0 Å². The molecule has 0 aliphatic carbocycles. The highest BCUT2D eigenvalue weighted by molar-refractivity contribution is 6.34. The molecule has 0 aliphatic heterocycles. The molecule has 0 bridgehead atoms. The molecule has 0 atom stereocenters. The van der Waals surface area contributed by atoms with Crippen LogP contribution >= 0.6 is 11.6 Å². The first-order chi connectivity index (χ1) is 6.06. The van der Waals surface area contributed by atoms with Crippen LogP contribution in [0.2, 0.25) is 5.02 Å². The lowest BCUT2D eigenvalue weighted by molar-refractivity contribution is 0.101. The highest BCUT2D eigenvalue weighted by Crippen LogP contribution is 2.23. The Morgan fingerprint density at radius 3 is 2.69 bits per heavy atom. The number of nitrogens with two attached hydrogens (primary N) is 1. The largest absolute Gasteiger partial charge is 0.399 e. The van der Waals surface area contributed by atoms with Gasteiger partial charge >= 0.3 is 0 Å². The molecule has 0 saturated heterocycles. The molecule has 0 unspecified atom stereocenters. The molecule has 0 heterocycles. The predicted octanol–water partition coefficient (Wildman–Crippen LogP) is 2.00. The quantitative estimate of drug-likeness (QED) is 0.549. The van der Waals surface area contributed by atoms with Gasteiger partial charge < -0.3 is 5.73 Å². The lowest BCUT2D eigenvalue weighted by atomic mass is 10.0. The monoisotopic (exact) mass is 194 g/mol. The van der Waals surface area contributed by atoms with Gasteiger partial charge in [-0.15, -0.1) is 0 Å². The van der Waals surface area contributed by atoms with Gasteiger partial charge in [0, 0.05) is 5.69 Å². The Bertz CT molecular complexity index is 407. The number of rotatable bonds is 1. The van der Waals surface area contributed by atoms with Crippen LogP contribution in [0, 0.1) is 11.3 Å². The lowest BCUT2D eigenvalue weighted by Crippen LogP contribution is -1.99. The van der Waals surface area contributed by atoms with E-state index in [1.807, 2.05) is 6.07 Å². The van der Waals surface area contributed by atoms with E-state index in [0.717, 1.165) is 0 Å². The first kappa shape index (κ1) is 9.56. The number of Topliss-reactive ketones (excluding diaryl/α,β-unsaturated/α-hetero) is 1. The van der Waals surface area contributed by atoms with Crippen LogP contribution in [0.1, 0.15) is 22.8 Å². The van der Waals surface area contributed by atoms with E-state index in [4.69, 9.17) is 22.6 Å². The first-order valence-corrected chi connectivity index (χ1v) is 3.94. The van der Waals surface area contributed by atoms with Crippen LogP contribution in [0.3, 0.4) is 0 Å². The summed E-state index contributed by atoms with van der Waals surface area (Å²) in [7, 11) is 0. The van der Waals surface area contributed by atoms with Crippen molar-refractivity contribution in [1.29, 1.82) is 5.26 Å². The van der Waals surface area contributed by atoms with Crippen molar-refractivity contribution in [1.82, 2.24) is 0 Å². The Hall–Kier alpha value is -1.53. The zero-order chi connectivity index (χ0) is 10.0. The molecule has 0 spiro atoms. The lowest BCUT2D eigenvalue weighted by Gasteiger charge is -2.03. The molecule has 1 aromatic carbocycles. The van der Waals surface area contributed by atoms with E-state index in [1.54, 1.807) is 0 Å². The molecular formula is C9H7ClN2O. The molecule has 3 nitrogen and oxygen atoms in total. The Labute approximate surface area is 80.7 Å². The fraction of sp³-hybridized carbons (Fsp3) is 0.111. The second-order valence-corrected chi connectivity index (χ2v) is 3.00. The number of anilines is 1. The van der Waals surface area contributed by atoms with Gasteiger partial charge in [-0.2, -0.15) is 5.26 Å². The fourth-order valence-electron chi connectivity index (χ4n) is 1.07. The second kappa shape index (κ2) is 3.46. The summed E-state index contributed by atoms with van der Waals surface area (Å²) in [5, 5.41) is 8.93. The van der Waals surface area contributed by atoms with E-state index < -0.39 is 0 Å². The maximum absolute atomic E-state index is 11.1. The summed E-state index contributed by atoms with van der Waals surface area (Å²) < 4.78 is 0. The van der Waals surface area contributed by atoms with Crippen LogP contribution < -0.4 is 5.73 Å². The third-order valence-electron chi connectivity index (χ3n) is 1.59. The number of benzene rings is 1. The van der Waals surface area contributed by atoms with Crippen molar-refractivity contribution in [3.05, 3.63) is 28.3 Å². The maximum Gasteiger partial charge on any atom is 0.162 e. The van der Waals surface area contributed by atoms with Crippen molar-refractivity contribution in [2.75, 3.05) is 5.73 Å². The first-order valence-electron chi connectivity index (χ1n) is 3.56. The molecule has 1 rings (SSSR count). The SMILES string of the molecule is CC(=O)c1c(Cl)cc(N)cc1C#N. The van der Waals surface area contributed by atoms with E-state index in [-0.39, 0.29) is 21.9 Å². The summed E-state index contributed by atoms with van der Waals surface area (Å²) >= 11 is 5.76. The van der Waals surface area contributed by atoms with E-state index in [1.165, 1.54) is 19.1 Å². The van der Waals surface area contributed by atoms with Crippen LogP contribution in [0.25, 0.3) is 0 Å². The number of hydrogen-bond acceptors (Lipinski definition) is 3. The average Bonchev–Trinajstić information content (AvgIpc) is 2.01. The number of carbonyl (C=O) groups excluding carboxylic acids is 1. The Balaban J connectivity index is 3.50. The topological polar surface area (TPSA) is 66.9 Å². The summed E-state index contributed by atoms with van der Waals surface area (Å²) in [5.41, 5.74) is 6.29. The Morgan fingerprint density at radius 1 is 1.62 bits per heavy atom. The van der Waals surface area contributed by atoms with E-state index in [9.17, 15) is 4.79 Å². The summed E-state index contributed by atoms with van der Waals surface area (Å²) in [6, 6.07) is 4.76. The van der Waals surface area contributed by atoms with E-state index in [0.29, 0.717) is 5.69 Å². The van der Waals surface area contributed by atoms with Gasteiger partial charge in [0.15, 0.2) is 5.78 Å². The van der Waals surface area contributed by atoms with Crippen molar-refractivity contribution in [3.8, 4) is 6.07 Å². The minimum Gasteiger partial charge on any atom is -0.399 e. The molecule has 1 aromatic rings. The average molecular weight is 195 g/mol. The predicted molar refractivity (Wildman–Crippen MR) is 50.6 cm³/mol. The zero-order valence-corrected chi connectivity index (χ0v) is 7.72. The third-order valence-corrected chi connectivity index (χ3v) is 1.88. The van der Waals surface area contributed by atoms with Crippen molar-refractivity contribution in [3.63, 3.8) is 0 Å². The van der Waals surface area contributed by atoms with Crippen LogP contribution in [0.15, 0.2) is 12.1 Å². The van der Waals surface area contributed by atoms with Crippen LogP contribution in [-0.4, -0.2) is 5.78 Å².